The fourth-order valence-corrected chi connectivity index (χ4v) is 2.53. The van der Waals surface area contributed by atoms with Crippen molar-refractivity contribution in [2.75, 3.05) is 0 Å². The van der Waals surface area contributed by atoms with E-state index in [1.807, 2.05) is 28.7 Å². The van der Waals surface area contributed by atoms with Gasteiger partial charge in [-0.05, 0) is 41.6 Å². The van der Waals surface area contributed by atoms with Gasteiger partial charge in [0, 0.05) is 6.20 Å². The van der Waals surface area contributed by atoms with Crippen LogP contribution >= 0.6 is 22.6 Å². The van der Waals surface area contributed by atoms with Crippen LogP contribution in [0.4, 0.5) is 0 Å². The van der Waals surface area contributed by atoms with Crippen molar-refractivity contribution >= 4 is 33.5 Å². The summed E-state index contributed by atoms with van der Waals surface area (Å²) in [6.07, 6.45) is 1.53. The van der Waals surface area contributed by atoms with Gasteiger partial charge in [-0.15, -0.1) is 0 Å². The van der Waals surface area contributed by atoms with E-state index in [0.29, 0.717) is 26.1 Å². The Balaban J connectivity index is 2.13. The topological polar surface area (TPSA) is 80.6 Å². The normalized spacial score (nSPS) is 11.0. The molecule has 0 aliphatic heterocycles. The Morgan fingerprint density at radius 1 is 1.29 bits per heavy atom. The van der Waals surface area contributed by atoms with Crippen LogP contribution in [0, 0.1) is 10.5 Å². The second kappa shape index (κ2) is 5.40. The van der Waals surface area contributed by atoms with Crippen molar-refractivity contribution in [2.24, 2.45) is 0 Å². The number of para-hydroxylation sites is 1. The minimum atomic E-state index is -0.208. The summed E-state index contributed by atoms with van der Waals surface area (Å²) in [5.74, 6) is 1.02. The van der Waals surface area contributed by atoms with Gasteiger partial charge in [-0.25, -0.2) is 9.97 Å². The zero-order valence-electron chi connectivity index (χ0n) is 11.1. The monoisotopic (exact) mass is 394 g/mol. The summed E-state index contributed by atoms with van der Waals surface area (Å²) in [7, 11) is 0. The molecule has 106 valence electrons. The third-order valence-corrected chi connectivity index (χ3v) is 3.91. The molecule has 0 amide bonds. The Morgan fingerprint density at radius 2 is 2.05 bits per heavy atom. The Morgan fingerprint density at radius 3 is 2.86 bits per heavy atom. The fraction of sp³-hybridized carbons (Fsp3) is 0.143. The van der Waals surface area contributed by atoms with E-state index in [0.717, 1.165) is 0 Å². The molecule has 0 saturated heterocycles. The van der Waals surface area contributed by atoms with E-state index < -0.39 is 0 Å². The van der Waals surface area contributed by atoms with E-state index in [-0.39, 0.29) is 17.7 Å². The van der Waals surface area contributed by atoms with Crippen LogP contribution in [0.25, 0.3) is 10.9 Å². The van der Waals surface area contributed by atoms with Gasteiger partial charge in [0.1, 0.15) is 11.6 Å². The molecule has 0 fully saturated rings. The minimum Gasteiger partial charge on any atom is -0.308 e. The molecule has 0 aliphatic rings. The molecule has 1 N–H and O–H groups in total. The van der Waals surface area contributed by atoms with Crippen LogP contribution in [0.1, 0.15) is 11.6 Å². The van der Waals surface area contributed by atoms with Crippen LogP contribution in [0.5, 0.6) is 0 Å². The molecule has 2 heterocycles. The van der Waals surface area contributed by atoms with Gasteiger partial charge < -0.3 is 4.98 Å². The maximum Gasteiger partial charge on any atom is 0.267 e. The Labute approximate surface area is 133 Å². The molecule has 7 heteroatoms. The molecule has 21 heavy (non-hydrogen) atoms. The molecule has 2 aromatic heterocycles. The lowest BCUT2D eigenvalue weighted by Crippen LogP contribution is -2.27. The zero-order valence-corrected chi connectivity index (χ0v) is 13.3. The summed E-state index contributed by atoms with van der Waals surface area (Å²) in [4.78, 5) is 35.4. The Bertz CT molecular complexity index is 946. The molecule has 3 rings (SSSR count). The summed E-state index contributed by atoms with van der Waals surface area (Å²) >= 11 is 1.94. The number of nitrogens with zero attached hydrogens (tertiary/aromatic N) is 3. The van der Waals surface area contributed by atoms with Crippen molar-refractivity contribution in [3.8, 4) is 0 Å². The second-order valence-electron chi connectivity index (χ2n) is 4.57. The largest absolute Gasteiger partial charge is 0.308 e. The lowest BCUT2D eigenvalue weighted by atomic mass is 10.2. The molecule has 3 aromatic rings. The predicted molar refractivity (Wildman–Crippen MR) is 87.4 cm³/mol. The molecule has 0 aliphatic carbocycles. The summed E-state index contributed by atoms with van der Waals surface area (Å²) in [5.41, 5.74) is 0.263. The molecule has 0 spiro atoms. The Hall–Kier alpha value is -2.03. The van der Waals surface area contributed by atoms with E-state index in [9.17, 15) is 9.59 Å². The molecule has 0 bridgehead atoms. The second-order valence-corrected chi connectivity index (χ2v) is 5.74. The lowest BCUT2D eigenvalue weighted by Gasteiger charge is -2.09. The van der Waals surface area contributed by atoms with Crippen LogP contribution in [0.2, 0.25) is 0 Å². The number of nitrogens with one attached hydrogen (secondary N) is 1. The first-order valence-corrected chi connectivity index (χ1v) is 7.34. The number of benzene rings is 1. The number of halogens is 1. The Kier molecular flexibility index (Phi) is 3.58. The highest BCUT2D eigenvalue weighted by atomic mass is 127. The number of hydrogen-bond donors (Lipinski definition) is 1. The third-order valence-electron chi connectivity index (χ3n) is 3.17. The smallest absolute Gasteiger partial charge is 0.267 e. The number of hydrogen-bond acceptors (Lipinski definition) is 4. The average molecular weight is 394 g/mol. The van der Waals surface area contributed by atoms with Crippen LogP contribution in [-0.4, -0.2) is 19.5 Å². The molecule has 0 unspecified atom stereocenters. The fourth-order valence-electron chi connectivity index (χ4n) is 2.10. The van der Waals surface area contributed by atoms with E-state index in [4.69, 9.17) is 0 Å². The van der Waals surface area contributed by atoms with Crippen molar-refractivity contribution in [3.05, 3.63) is 66.4 Å². The minimum absolute atomic E-state index is 0.140. The van der Waals surface area contributed by atoms with Gasteiger partial charge >= 0.3 is 0 Å². The van der Waals surface area contributed by atoms with Crippen molar-refractivity contribution in [3.63, 3.8) is 0 Å². The van der Waals surface area contributed by atoms with Gasteiger partial charge in [0.05, 0.1) is 21.0 Å². The molecule has 6 nitrogen and oxygen atoms in total. The summed E-state index contributed by atoms with van der Waals surface area (Å²) in [5, 5.41) is 0.533. The van der Waals surface area contributed by atoms with Crippen molar-refractivity contribution in [1.82, 2.24) is 19.5 Å². The van der Waals surface area contributed by atoms with Crippen LogP contribution in [0.3, 0.4) is 0 Å². The van der Waals surface area contributed by atoms with Gasteiger partial charge in [0.15, 0.2) is 0 Å². The van der Waals surface area contributed by atoms with Crippen molar-refractivity contribution < 1.29 is 0 Å². The molecular formula is C14H11IN4O2. The van der Waals surface area contributed by atoms with E-state index in [2.05, 4.69) is 15.0 Å². The third kappa shape index (κ3) is 2.60. The highest BCUT2D eigenvalue weighted by Crippen LogP contribution is 2.06. The molecule has 0 saturated carbocycles. The lowest BCUT2D eigenvalue weighted by molar-refractivity contribution is 0.665. The number of aromatic amines is 1. The van der Waals surface area contributed by atoms with E-state index in [1.165, 1.54) is 10.8 Å². The van der Waals surface area contributed by atoms with Crippen LogP contribution < -0.4 is 11.1 Å². The predicted octanol–water partition coefficient (Wildman–Crippen LogP) is 1.44. The molecular weight excluding hydrogens is 383 g/mol. The standard InChI is InChI=1S/C14H11IN4O2/c1-8-16-6-10(15)14(21)19(8)7-12-17-11-5-3-2-4-9(11)13(20)18-12/h2-6H,7H2,1H3,(H,17,18,20). The van der Waals surface area contributed by atoms with E-state index in [1.54, 1.807) is 25.1 Å². The summed E-state index contributed by atoms with van der Waals surface area (Å²) in [6, 6.07) is 7.10. The van der Waals surface area contributed by atoms with Gasteiger partial charge in [0.2, 0.25) is 0 Å². The maximum absolute atomic E-state index is 12.1. The summed E-state index contributed by atoms with van der Waals surface area (Å²) < 4.78 is 2.02. The highest BCUT2D eigenvalue weighted by molar-refractivity contribution is 14.1. The number of fused-ring (bicyclic) bond motifs is 1. The maximum atomic E-state index is 12.1. The number of rotatable bonds is 2. The highest BCUT2D eigenvalue weighted by Gasteiger charge is 2.09. The number of aromatic nitrogens is 4. The van der Waals surface area contributed by atoms with Crippen LogP contribution in [0.15, 0.2) is 40.1 Å². The van der Waals surface area contributed by atoms with Gasteiger partial charge in [-0.1, -0.05) is 12.1 Å². The number of aryl methyl sites for hydroxylation is 1. The molecule has 0 atom stereocenters. The SMILES string of the molecule is Cc1ncc(I)c(=O)n1Cc1nc2ccccc2c(=O)[nH]1. The van der Waals surface area contributed by atoms with Crippen LogP contribution in [-0.2, 0) is 6.54 Å². The summed E-state index contributed by atoms with van der Waals surface area (Å²) in [6.45, 7) is 1.94. The van der Waals surface area contributed by atoms with Crippen molar-refractivity contribution in [1.29, 1.82) is 0 Å². The van der Waals surface area contributed by atoms with Gasteiger partial charge in [-0.2, -0.15) is 0 Å². The molecule has 1 aromatic carbocycles. The quantitative estimate of drug-likeness (QED) is 0.668. The van der Waals surface area contributed by atoms with Crippen molar-refractivity contribution in [2.45, 2.75) is 13.5 Å². The first-order chi connectivity index (χ1) is 10.1. The van der Waals surface area contributed by atoms with E-state index >= 15 is 0 Å². The first-order valence-electron chi connectivity index (χ1n) is 6.26. The first kappa shape index (κ1) is 13.9. The zero-order chi connectivity index (χ0) is 15.0. The van der Waals surface area contributed by atoms with Gasteiger partial charge in [-0.3, -0.25) is 14.2 Å². The van der Waals surface area contributed by atoms with Gasteiger partial charge in [0.25, 0.3) is 11.1 Å². The molecule has 0 radical (unpaired) electrons. The average Bonchev–Trinajstić information content (AvgIpc) is 2.48. The number of H-pyrrole nitrogens is 1.